The Morgan fingerprint density at radius 3 is 2.32 bits per heavy atom. The fraction of sp³-hybridized carbons (Fsp3) is 1.00. The van der Waals surface area contributed by atoms with Crippen LogP contribution in [-0.2, 0) is 0 Å². The lowest BCUT2D eigenvalue weighted by molar-refractivity contribution is 0.0658. The van der Waals surface area contributed by atoms with Crippen molar-refractivity contribution in [2.75, 3.05) is 59.0 Å². The maximum absolute atomic E-state index is 9.03. The van der Waals surface area contributed by atoms with Crippen LogP contribution in [0.4, 0.5) is 0 Å². The molecule has 0 saturated carbocycles. The van der Waals surface area contributed by atoms with Crippen molar-refractivity contribution in [3.8, 4) is 0 Å². The van der Waals surface area contributed by atoms with Crippen molar-refractivity contribution >= 4 is 0 Å². The normalized spacial score (nSPS) is 27.8. The van der Waals surface area contributed by atoms with E-state index in [1.165, 1.54) is 65.0 Å². The van der Waals surface area contributed by atoms with Crippen LogP contribution >= 0.6 is 0 Å². The lowest BCUT2D eigenvalue weighted by Gasteiger charge is -2.40. The van der Waals surface area contributed by atoms with Crippen LogP contribution in [-0.4, -0.2) is 84.8 Å². The van der Waals surface area contributed by atoms with E-state index >= 15 is 0 Å². The molecule has 1 unspecified atom stereocenters. The van der Waals surface area contributed by atoms with Crippen molar-refractivity contribution in [2.45, 2.75) is 38.6 Å². The molecule has 2 saturated heterocycles. The monoisotopic (exact) mass is 269 g/mol. The van der Waals surface area contributed by atoms with Crippen molar-refractivity contribution < 1.29 is 5.11 Å². The van der Waals surface area contributed by atoms with E-state index in [1.54, 1.807) is 0 Å². The molecule has 4 nitrogen and oxygen atoms in total. The summed E-state index contributed by atoms with van der Waals surface area (Å²) in [6, 6.07) is 0.593. The minimum atomic E-state index is 0.291. The van der Waals surface area contributed by atoms with Gasteiger partial charge in [0.15, 0.2) is 0 Å². The second kappa shape index (κ2) is 8.20. The maximum Gasteiger partial charge on any atom is 0.0558 e. The van der Waals surface area contributed by atoms with Gasteiger partial charge in [-0.1, -0.05) is 6.42 Å². The summed E-state index contributed by atoms with van der Waals surface area (Å²) in [5, 5.41) is 9.03. The highest BCUT2D eigenvalue weighted by Gasteiger charge is 2.22. The van der Waals surface area contributed by atoms with E-state index in [1.807, 2.05) is 0 Å². The highest BCUT2D eigenvalue weighted by atomic mass is 16.3. The maximum atomic E-state index is 9.03. The predicted molar refractivity (Wildman–Crippen MR) is 79.5 cm³/mol. The molecular weight excluding hydrogens is 238 g/mol. The number of β-amino-alcohol motifs (C(OH)–C–C–N with tert-alkyl or cyclic N) is 1. The van der Waals surface area contributed by atoms with E-state index in [4.69, 9.17) is 5.11 Å². The van der Waals surface area contributed by atoms with Crippen LogP contribution in [0.5, 0.6) is 0 Å². The molecule has 0 radical (unpaired) electrons. The van der Waals surface area contributed by atoms with Crippen LogP contribution in [0.15, 0.2) is 0 Å². The van der Waals surface area contributed by atoms with Crippen molar-refractivity contribution in [1.82, 2.24) is 14.7 Å². The van der Waals surface area contributed by atoms with Crippen molar-refractivity contribution in [3.63, 3.8) is 0 Å². The number of rotatable bonds is 6. The molecule has 0 aromatic rings. The Bertz CT molecular complexity index is 244. The molecule has 0 aromatic carbocycles. The van der Waals surface area contributed by atoms with Gasteiger partial charge in [0.25, 0.3) is 0 Å². The second-order valence-corrected chi connectivity index (χ2v) is 6.17. The van der Waals surface area contributed by atoms with Crippen LogP contribution in [0, 0.1) is 0 Å². The average molecular weight is 269 g/mol. The van der Waals surface area contributed by atoms with Crippen LogP contribution in [0.1, 0.15) is 32.6 Å². The van der Waals surface area contributed by atoms with E-state index in [9.17, 15) is 0 Å². The van der Waals surface area contributed by atoms with Crippen LogP contribution in [0.25, 0.3) is 0 Å². The van der Waals surface area contributed by atoms with Gasteiger partial charge in [-0.3, -0.25) is 4.90 Å². The Morgan fingerprint density at radius 2 is 1.63 bits per heavy atom. The number of piperazine rings is 1. The summed E-state index contributed by atoms with van der Waals surface area (Å²) >= 11 is 0. The highest BCUT2D eigenvalue weighted by molar-refractivity contribution is 4.79. The lowest BCUT2D eigenvalue weighted by Crippen LogP contribution is -2.52. The van der Waals surface area contributed by atoms with Crippen molar-refractivity contribution in [2.24, 2.45) is 0 Å². The first kappa shape index (κ1) is 15.2. The largest absolute Gasteiger partial charge is 0.395 e. The molecule has 0 spiro atoms. The smallest absolute Gasteiger partial charge is 0.0558 e. The fourth-order valence-electron chi connectivity index (χ4n) is 3.44. The lowest BCUT2D eigenvalue weighted by atomic mass is 10.1. The molecule has 19 heavy (non-hydrogen) atoms. The molecule has 2 fully saturated rings. The standard InChI is InChI=1S/C15H31N3O/c1-15-14-17(10-11-18(15)12-13-19)9-5-8-16-6-3-2-4-7-16/h15,19H,2-14H2,1H3. The van der Waals surface area contributed by atoms with Gasteiger partial charge >= 0.3 is 0 Å². The molecule has 112 valence electrons. The van der Waals surface area contributed by atoms with Gasteiger partial charge in [0, 0.05) is 32.2 Å². The second-order valence-electron chi connectivity index (χ2n) is 6.17. The summed E-state index contributed by atoms with van der Waals surface area (Å²) in [7, 11) is 0. The minimum Gasteiger partial charge on any atom is -0.395 e. The minimum absolute atomic E-state index is 0.291. The average Bonchev–Trinajstić information content (AvgIpc) is 2.43. The van der Waals surface area contributed by atoms with Gasteiger partial charge in [-0.15, -0.1) is 0 Å². The number of aliphatic hydroxyl groups excluding tert-OH is 1. The Labute approximate surface area is 118 Å². The summed E-state index contributed by atoms with van der Waals surface area (Å²) < 4.78 is 0. The van der Waals surface area contributed by atoms with Gasteiger partial charge in [-0.05, 0) is 52.4 Å². The topological polar surface area (TPSA) is 30.0 Å². The fourth-order valence-corrected chi connectivity index (χ4v) is 3.44. The first-order chi connectivity index (χ1) is 9.29. The molecule has 1 atom stereocenters. The van der Waals surface area contributed by atoms with Gasteiger partial charge in [-0.25, -0.2) is 0 Å². The Balaban J connectivity index is 1.59. The quantitative estimate of drug-likeness (QED) is 0.775. The number of aliphatic hydroxyl groups is 1. The first-order valence-electron chi connectivity index (χ1n) is 8.09. The molecule has 0 aromatic heterocycles. The number of likely N-dealkylation sites (tertiary alicyclic amines) is 1. The van der Waals surface area contributed by atoms with Gasteiger partial charge < -0.3 is 14.9 Å². The molecular formula is C15H31N3O. The van der Waals surface area contributed by atoms with Gasteiger partial charge in [0.05, 0.1) is 6.61 Å². The summed E-state index contributed by atoms with van der Waals surface area (Å²) in [5.41, 5.74) is 0. The molecule has 0 aliphatic carbocycles. The summed E-state index contributed by atoms with van der Waals surface area (Å²) in [6.07, 6.45) is 5.54. The Hall–Kier alpha value is -0.160. The molecule has 0 amide bonds. The zero-order valence-corrected chi connectivity index (χ0v) is 12.6. The molecule has 2 heterocycles. The third-order valence-electron chi connectivity index (χ3n) is 4.63. The molecule has 2 rings (SSSR count). The van der Waals surface area contributed by atoms with E-state index in [0.717, 1.165) is 13.1 Å². The SMILES string of the molecule is CC1CN(CCCN2CCCCC2)CCN1CCO. The summed E-state index contributed by atoms with van der Waals surface area (Å²) in [5.74, 6) is 0. The van der Waals surface area contributed by atoms with E-state index in [2.05, 4.69) is 21.6 Å². The van der Waals surface area contributed by atoms with Crippen LogP contribution < -0.4 is 0 Å². The molecule has 2 aliphatic rings. The first-order valence-corrected chi connectivity index (χ1v) is 8.09. The summed E-state index contributed by atoms with van der Waals surface area (Å²) in [6.45, 7) is 12.0. The van der Waals surface area contributed by atoms with Gasteiger partial charge in [0.2, 0.25) is 0 Å². The van der Waals surface area contributed by atoms with Gasteiger partial charge in [0.1, 0.15) is 0 Å². The van der Waals surface area contributed by atoms with E-state index in [-0.39, 0.29) is 0 Å². The molecule has 2 aliphatic heterocycles. The van der Waals surface area contributed by atoms with Gasteiger partial charge in [-0.2, -0.15) is 0 Å². The zero-order valence-electron chi connectivity index (χ0n) is 12.6. The third-order valence-corrected chi connectivity index (χ3v) is 4.63. The summed E-state index contributed by atoms with van der Waals surface area (Å²) in [4.78, 5) is 7.64. The Morgan fingerprint density at radius 1 is 0.895 bits per heavy atom. The van der Waals surface area contributed by atoms with Crippen molar-refractivity contribution in [1.29, 1.82) is 0 Å². The molecule has 4 heteroatoms. The Kier molecular flexibility index (Phi) is 6.57. The van der Waals surface area contributed by atoms with Crippen LogP contribution in [0.2, 0.25) is 0 Å². The molecule has 1 N–H and O–H groups in total. The third kappa shape index (κ3) is 5.03. The molecule has 0 bridgehead atoms. The predicted octanol–water partition coefficient (Wildman–Crippen LogP) is 0.861. The van der Waals surface area contributed by atoms with Crippen molar-refractivity contribution in [3.05, 3.63) is 0 Å². The highest BCUT2D eigenvalue weighted by Crippen LogP contribution is 2.11. The number of nitrogens with zero attached hydrogens (tertiary/aromatic N) is 3. The number of piperidine rings is 1. The van der Waals surface area contributed by atoms with E-state index in [0.29, 0.717) is 12.6 Å². The zero-order chi connectivity index (χ0) is 13.5. The number of hydrogen-bond donors (Lipinski definition) is 1. The number of hydrogen-bond acceptors (Lipinski definition) is 4. The van der Waals surface area contributed by atoms with Crippen LogP contribution in [0.3, 0.4) is 0 Å². The van der Waals surface area contributed by atoms with E-state index < -0.39 is 0 Å².